The quantitative estimate of drug-likeness (QED) is 0.652. The van der Waals surface area contributed by atoms with E-state index in [0.717, 1.165) is 5.56 Å². The van der Waals surface area contributed by atoms with Gasteiger partial charge >= 0.3 is 0 Å². The summed E-state index contributed by atoms with van der Waals surface area (Å²) in [5, 5.41) is 6.02. The lowest BCUT2D eigenvalue weighted by molar-refractivity contribution is -0.123. The van der Waals surface area contributed by atoms with E-state index in [-0.39, 0.29) is 17.7 Å². The number of halogens is 1. The minimum absolute atomic E-state index is 0.0574. The number of benzene rings is 2. The fourth-order valence-electron chi connectivity index (χ4n) is 2.52. The lowest BCUT2D eigenvalue weighted by atomic mass is 10.0. The summed E-state index contributed by atoms with van der Waals surface area (Å²) in [5.41, 5.74) is 7.81. The minimum Gasteiger partial charge on any atom is -0.399 e. The third-order valence-corrected chi connectivity index (χ3v) is 4.38. The normalized spacial score (nSPS) is 11.8. The summed E-state index contributed by atoms with van der Waals surface area (Å²) in [7, 11) is 0. The summed E-state index contributed by atoms with van der Waals surface area (Å²) in [6, 6.07) is 13.7. The van der Waals surface area contributed by atoms with Gasteiger partial charge in [-0.25, -0.2) is 0 Å². The molecular formula is C20H24ClN3O2. The van der Waals surface area contributed by atoms with Crippen LogP contribution in [0.25, 0.3) is 0 Å². The molecule has 0 aliphatic carbocycles. The molecule has 0 bridgehead atoms. The van der Waals surface area contributed by atoms with E-state index in [4.69, 9.17) is 17.3 Å². The first-order valence-electron chi connectivity index (χ1n) is 8.56. The molecule has 138 valence electrons. The van der Waals surface area contributed by atoms with E-state index in [1.807, 2.05) is 38.1 Å². The maximum Gasteiger partial charge on any atom is 0.253 e. The number of rotatable bonds is 7. The van der Waals surface area contributed by atoms with Crippen LogP contribution in [-0.4, -0.2) is 24.4 Å². The van der Waals surface area contributed by atoms with Gasteiger partial charge in [0.15, 0.2) is 0 Å². The average molecular weight is 374 g/mol. The zero-order valence-corrected chi connectivity index (χ0v) is 15.7. The largest absolute Gasteiger partial charge is 0.399 e. The maximum atomic E-state index is 12.5. The number of carbonyl (C=O) groups is 2. The molecular weight excluding hydrogens is 350 g/mol. The number of amides is 2. The summed E-state index contributed by atoms with van der Waals surface area (Å²) in [6.45, 7) is 4.25. The molecule has 1 unspecified atom stereocenters. The zero-order chi connectivity index (χ0) is 19.1. The summed E-state index contributed by atoms with van der Waals surface area (Å²) in [5.74, 6) is -0.628. The Balaban J connectivity index is 1.93. The van der Waals surface area contributed by atoms with Crippen molar-refractivity contribution in [1.82, 2.24) is 10.6 Å². The SMILES string of the molecule is CC(C)C(NC(=O)c1ccccc1Cl)C(=O)NCCc1ccc(N)cc1. The van der Waals surface area contributed by atoms with Crippen molar-refractivity contribution >= 4 is 29.1 Å². The predicted molar refractivity (Wildman–Crippen MR) is 105 cm³/mol. The third kappa shape index (κ3) is 5.49. The Morgan fingerprint density at radius 2 is 1.73 bits per heavy atom. The van der Waals surface area contributed by atoms with Crippen molar-refractivity contribution in [3.05, 3.63) is 64.7 Å². The van der Waals surface area contributed by atoms with Gasteiger partial charge in [-0.05, 0) is 42.2 Å². The monoisotopic (exact) mass is 373 g/mol. The molecule has 2 aromatic rings. The number of nitrogens with two attached hydrogens (primary N) is 1. The van der Waals surface area contributed by atoms with Crippen LogP contribution in [0, 0.1) is 5.92 Å². The smallest absolute Gasteiger partial charge is 0.253 e. The van der Waals surface area contributed by atoms with E-state index in [9.17, 15) is 9.59 Å². The summed E-state index contributed by atoms with van der Waals surface area (Å²) in [6.07, 6.45) is 0.690. The molecule has 2 amide bonds. The fraction of sp³-hybridized carbons (Fsp3) is 0.300. The number of anilines is 1. The van der Waals surface area contributed by atoms with Gasteiger partial charge in [0, 0.05) is 12.2 Å². The molecule has 26 heavy (non-hydrogen) atoms. The molecule has 6 heteroatoms. The Labute approximate surface area is 158 Å². The van der Waals surface area contributed by atoms with Crippen molar-refractivity contribution in [3.8, 4) is 0 Å². The second-order valence-corrected chi connectivity index (χ2v) is 6.86. The highest BCUT2D eigenvalue weighted by atomic mass is 35.5. The van der Waals surface area contributed by atoms with Crippen LogP contribution >= 0.6 is 11.6 Å². The standard InChI is InChI=1S/C20H24ClN3O2/c1-13(2)18(24-19(25)16-5-3-4-6-17(16)21)20(26)23-12-11-14-7-9-15(22)10-8-14/h3-10,13,18H,11-12,22H2,1-2H3,(H,23,26)(H,24,25). The summed E-state index contributed by atoms with van der Waals surface area (Å²) >= 11 is 6.05. The molecule has 0 fully saturated rings. The van der Waals surface area contributed by atoms with Crippen molar-refractivity contribution < 1.29 is 9.59 Å². The number of hydrogen-bond acceptors (Lipinski definition) is 3. The van der Waals surface area contributed by atoms with Gasteiger partial charge < -0.3 is 16.4 Å². The van der Waals surface area contributed by atoms with Crippen LogP contribution in [0.4, 0.5) is 5.69 Å². The van der Waals surface area contributed by atoms with Crippen LogP contribution in [0.3, 0.4) is 0 Å². The van der Waals surface area contributed by atoms with Crippen LogP contribution in [0.15, 0.2) is 48.5 Å². The summed E-state index contributed by atoms with van der Waals surface area (Å²) < 4.78 is 0. The minimum atomic E-state index is -0.634. The first kappa shape index (κ1) is 19.8. The van der Waals surface area contributed by atoms with Crippen LogP contribution in [0.1, 0.15) is 29.8 Å². The molecule has 1 atom stereocenters. The molecule has 4 N–H and O–H groups in total. The Hall–Kier alpha value is -2.53. The lowest BCUT2D eigenvalue weighted by Gasteiger charge is -2.22. The van der Waals surface area contributed by atoms with Crippen molar-refractivity contribution in [1.29, 1.82) is 0 Å². The average Bonchev–Trinajstić information content (AvgIpc) is 2.61. The van der Waals surface area contributed by atoms with Crippen LogP contribution in [0.2, 0.25) is 5.02 Å². The van der Waals surface area contributed by atoms with Gasteiger partial charge in [0.05, 0.1) is 10.6 Å². The molecule has 2 rings (SSSR count). The maximum absolute atomic E-state index is 12.5. The number of hydrogen-bond donors (Lipinski definition) is 3. The molecule has 0 aliphatic rings. The van der Waals surface area contributed by atoms with Crippen LogP contribution < -0.4 is 16.4 Å². The predicted octanol–water partition coefficient (Wildman–Crippen LogP) is 3.04. The van der Waals surface area contributed by atoms with E-state index >= 15 is 0 Å². The van der Waals surface area contributed by atoms with Gasteiger partial charge in [0.1, 0.15) is 6.04 Å². The molecule has 0 aliphatic heterocycles. The third-order valence-electron chi connectivity index (χ3n) is 4.05. The first-order chi connectivity index (χ1) is 12.4. The molecule has 0 saturated heterocycles. The highest BCUT2D eigenvalue weighted by Gasteiger charge is 2.25. The van der Waals surface area contributed by atoms with Crippen molar-refractivity contribution in [3.63, 3.8) is 0 Å². The Morgan fingerprint density at radius 3 is 2.35 bits per heavy atom. The highest BCUT2D eigenvalue weighted by molar-refractivity contribution is 6.33. The van der Waals surface area contributed by atoms with Crippen molar-refractivity contribution in [2.45, 2.75) is 26.3 Å². The van der Waals surface area contributed by atoms with E-state index in [0.29, 0.717) is 29.2 Å². The number of nitrogen functional groups attached to an aromatic ring is 1. The molecule has 0 spiro atoms. The van der Waals surface area contributed by atoms with Crippen molar-refractivity contribution in [2.75, 3.05) is 12.3 Å². The van der Waals surface area contributed by atoms with E-state index < -0.39 is 6.04 Å². The molecule has 5 nitrogen and oxygen atoms in total. The van der Waals surface area contributed by atoms with Gasteiger partial charge in [0.25, 0.3) is 5.91 Å². The fourth-order valence-corrected chi connectivity index (χ4v) is 2.75. The van der Waals surface area contributed by atoms with E-state index in [1.165, 1.54) is 0 Å². The Morgan fingerprint density at radius 1 is 1.08 bits per heavy atom. The molecule has 0 saturated carbocycles. The molecule has 2 aromatic carbocycles. The molecule has 0 radical (unpaired) electrons. The van der Waals surface area contributed by atoms with Gasteiger partial charge in [-0.1, -0.05) is 49.7 Å². The first-order valence-corrected chi connectivity index (χ1v) is 8.94. The molecule has 0 aromatic heterocycles. The van der Waals surface area contributed by atoms with Crippen LogP contribution in [-0.2, 0) is 11.2 Å². The van der Waals surface area contributed by atoms with Gasteiger partial charge in [-0.3, -0.25) is 9.59 Å². The van der Waals surface area contributed by atoms with Gasteiger partial charge in [0.2, 0.25) is 5.91 Å². The van der Waals surface area contributed by atoms with E-state index in [2.05, 4.69) is 10.6 Å². The van der Waals surface area contributed by atoms with Gasteiger partial charge in [-0.15, -0.1) is 0 Å². The number of nitrogens with one attached hydrogen (secondary N) is 2. The Bertz CT molecular complexity index is 760. The summed E-state index contributed by atoms with van der Waals surface area (Å²) in [4.78, 5) is 24.9. The molecule has 0 heterocycles. The van der Waals surface area contributed by atoms with Crippen LogP contribution in [0.5, 0.6) is 0 Å². The highest BCUT2D eigenvalue weighted by Crippen LogP contribution is 2.15. The van der Waals surface area contributed by atoms with Crippen molar-refractivity contribution in [2.24, 2.45) is 5.92 Å². The lowest BCUT2D eigenvalue weighted by Crippen LogP contribution is -2.50. The zero-order valence-electron chi connectivity index (χ0n) is 15.0. The van der Waals surface area contributed by atoms with E-state index in [1.54, 1.807) is 24.3 Å². The second-order valence-electron chi connectivity index (χ2n) is 6.46. The van der Waals surface area contributed by atoms with Gasteiger partial charge in [-0.2, -0.15) is 0 Å². The number of carbonyl (C=O) groups excluding carboxylic acids is 2. The Kier molecular flexibility index (Phi) is 7.04. The second kappa shape index (κ2) is 9.25. The topological polar surface area (TPSA) is 84.2 Å².